The van der Waals surface area contributed by atoms with E-state index in [9.17, 15) is 0 Å². The second-order valence-electron chi connectivity index (χ2n) is 7.88. The molecule has 0 N–H and O–H groups in total. The van der Waals surface area contributed by atoms with Gasteiger partial charge in [-0.25, -0.2) is 0 Å². The minimum atomic E-state index is -0.688. The summed E-state index contributed by atoms with van der Waals surface area (Å²) >= 11 is 0. The predicted octanol–water partition coefficient (Wildman–Crippen LogP) is 6.49. The molecule has 0 bridgehead atoms. The largest absolute Gasteiger partial charge is 0.457 e. The van der Waals surface area contributed by atoms with Gasteiger partial charge < -0.3 is 4.74 Å². The number of rotatable bonds is 3. The summed E-state index contributed by atoms with van der Waals surface area (Å²) in [5.74, 6) is 1.94. The fraction of sp³-hybridized carbons (Fsp3) is 0.111. The first-order valence-electron chi connectivity index (χ1n) is 9.97. The average molecular weight is 586 g/mol. The summed E-state index contributed by atoms with van der Waals surface area (Å²) in [5.41, 5.74) is 2.42. The van der Waals surface area contributed by atoms with E-state index >= 15 is 0 Å². The zero-order valence-electron chi connectivity index (χ0n) is 17.4. The Kier molecular flexibility index (Phi) is 7.65. The Balaban J connectivity index is 0.00000136. The van der Waals surface area contributed by atoms with Crippen molar-refractivity contribution >= 4 is 47.8 Å². The third kappa shape index (κ3) is 4.34. The standard InChI is InChI=1S/C27H23OP.Cu.HI/c1-27(2)22-16-9-10-17-23(22)28-24-18-11-19-25(26(24)27)29(20-12-5-3-6-13-20)21-14-7-4-8-15-21;;/h3-19H,1-2H3;;1H. The Labute approximate surface area is 213 Å². The first-order chi connectivity index (χ1) is 14.2. The van der Waals surface area contributed by atoms with Crippen LogP contribution < -0.4 is 20.7 Å². The Morgan fingerprint density at radius 2 is 1.13 bits per heavy atom. The zero-order valence-corrected chi connectivity index (χ0v) is 21.5. The fourth-order valence-electron chi connectivity index (χ4n) is 4.33. The quantitative estimate of drug-likeness (QED) is 0.152. The predicted molar refractivity (Wildman–Crippen MR) is 139 cm³/mol. The average Bonchev–Trinajstić information content (AvgIpc) is 2.75. The maximum absolute atomic E-state index is 6.39. The molecule has 0 amide bonds. The van der Waals surface area contributed by atoms with Gasteiger partial charge in [0, 0.05) is 33.6 Å². The normalized spacial score (nSPS) is 13.1. The van der Waals surface area contributed by atoms with Gasteiger partial charge in [0.05, 0.1) is 0 Å². The molecule has 4 aromatic rings. The molecule has 0 unspecified atom stereocenters. The molecule has 1 nitrogen and oxygen atoms in total. The Morgan fingerprint density at radius 1 is 0.613 bits per heavy atom. The van der Waals surface area contributed by atoms with Gasteiger partial charge >= 0.3 is 0 Å². The summed E-state index contributed by atoms with van der Waals surface area (Å²) in [6.07, 6.45) is 0. The van der Waals surface area contributed by atoms with Crippen molar-refractivity contribution < 1.29 is 21.8 Å². The molecule has 4 heteroatoms. The Bertz CT molecular complexity index is 1120. The Hall–Kier alpha value is -1.64. The molecule has 0 aromatic heterocycles. The van der Waals surface area contributed by atoms with Crippen LogP contribution in [0.1, 0.15) is 25.0 Å². The SMILES string of the molecule is CC1(C)c2ccccc2Oc2cccc(P(c3ccccc3)c3ccccc3)c21.I.[Cu]. The molecule has 0 saturated heterocycles. The van der Waals surface area contributed by atoms with Crippen molar-refractivity contribution in [1.29, 1.82) is 0 Å². The smallest absolute Gasteiger partial charge is 0.132 e. The van der Waals surface area contributed by atoms with Crippen LogP contribution in [-0.4, -0.2) is 0 Å². The van der Waals surface area contributed by atoms with Gasteiger partial charge in [0.25, 0.3) is 0 Å². The van der Waals surface area contributed by atoms with Crippen molar-refractivity contribution in [3.8, 4) is 11.5 Å². The Morgan fingerprint density at radius 3 is 1.74 bits per heavy atom. The molecule has 1 aliphatic heterocycles. The van der Waals surface area contributed by atoms with Crippen molar-refractivity contribution in [3.63, 3.8) is 0 Å². The van der Waals surface area contributed by atoms with Gasteiger partial charge in [-0.1, -0.05) is 105 Å². The molecule has 1 aliphatic rings. The summed E-state index contributed by atoms with van der Waals surface area (Å²) in [6.45, 7) is 4.64. The van der Waals surface area contributed by atoms with Gasteiger partial charge in [0.15, 0.2) is 0 Å². The first kappa shape index (κ1) is 24.0. The van der Waals surface area contributed by atoms with Crippen LogP contribution >= 0.6 is 31.9 Å². The van der Waals surface area contributed by atoms with Crippen LogP contribution in [0.25, 0.3) is 0 Å². The van der Waals surface area contributed by atoms with E-state index in [2.05, 4.69) is 111 Å². The molecule has 1 radical (unpaired) electrons. The van der Waals surface area contributed by atoms with E-state index < -0.39 is 7.92 Å². The monoisotopic (exact) mass is 585 g/mol. The molecule has 0 aliphatic carbocycles. The van der Waals surface area contributed by atoms with E-state index in [1.165, 1.54) is 27.0 Å². The molecule has 161 valence electrons. The van der Waals surface area contributed by atoms with E-state index in [1.807, 2.05) is 6.07 Å². The van der Waals surface area contributed by atoms with Crippen LogP contribution in [0.5, 0.6) is 11.5 Å². The van der Waals surface area contributed by atoms with Crippen molar-refractivity contribution in [2.24, 2.45) is 0 Å². The fourth-order valence-corrected chi connectivity index (χ4v) is 6.97. The second kappa shape index (κ2) is 9.88. The van der Waals surface area contributed by atoms with E-state index in [0.717, 1.165) is 11.5 Å². The molecule has 5 rings (SSSR count). The van der Waals surface area contributed by atoms with Crippen molar-refractivity contribution in [2.45, 2.75) is 19.3 Å². The molecule has 0 fully saturated rings. The van der Waals surface area contributed by atoms with Crippen LogP contribution in [0, 0.1) is 0 Å². The molecular weight excluding hydrogens is 562 g/mol. The minimum Gasteiger partial charge on any atom is -0.457 e. The van der Waals surface area contributed by atoms with Gasteiger partial charge in [0.1, 0.15) is 11.5 Å². The van der Waals surface area contributed by atoms with Gasteiger partial charge in [-0.3, -0.25) is 0 Å². The third-order valence-corrected chi connectivity index (χ3v) is 8.16. The van der Waals surface area contributed by atoms with Gasteiger partial charge in [-0.2, -0.15) is 0 Å². The van der Waals surface area contributed by atoms with E-state index in [1.54, 1.807) is 0 Å². The van der Waals surface area contributed by atoms with Crippen LogP contribution in [0.4, 0.5) is 0 Å². The van der Waals surface area contributed by atoms with Crippen LogP contribution in [0.15, 0.2) is 103 Å². The number of halogens is 1. The molecule has 0 spiro atoms. The second-order valence-corrected chi connectivity index (χ2v) is 10.1. The maximum atomic E-state index is 6.39. The summed E-state index contributed by atoms with van der Waals surface area (Å²) in [5, 5.41) is 4.09. The topological polar surface area (TPSA) is 9.23 Å². The number of hydrogen-bond donors (Lipinski definition) is 0. The molecule has 31 heavy (non-hydrogen) atoms. The summed E-state index contributed by atoms with van der Waals surface area (Å²) < 4.78 is 6.39. The van der Waals surface area contributed by atoms with Crippen molar-refractivity contribution in [3.05, 3.63) is 114 Å². The summed E-state index contributed by atoms with van der Waals surface area (Å²) in [4.78, 5) is 0. The van der Waals surface area contributed by atoms with Gasteiger partial charge in [-0.15, -0.1) is 24.0 Å². The van der Waals surface area contributed by atoms with Crippen LogP contribution in [0.2, 0.25) is 0 Å². The van der Waals surface area contributed by atoms with Crippen LogP contribution in [-0.2, 0) is 22.5 Å². The number of benzene rings is 4. The van der Waals surface area contributed by atoms with Crippen molar-refractivity contribution in [2.75, 3.05) is 0 Å². The summed E-state index contributed by atoms with van der Waals surface area (Å²) in [7, 11) is -0.688. The number of hydrogen-bond acceptors (Lipinski definition) is 1. The van der Waals surface area contributed by atoms with E-state index in [-0.39, 0.29) is 46.5 Å². The zero-order chi connectivity index (χ0) is 19.8. The molecule has 1 heterocycles. The number of para-hydroxylation sites is 1. The summed E-state index contributed by atoms with van der Waals surface area (Å²) in [6, 6.07) is 36.7. The van der Waals surface area contributed by atoms with Crippen molar-refractivity contribution in [1.82, 2.24) is 0 Å². The molecular formula is C27H24CuIOP. The molecule has 4 aromatic carbocycles. The van der Waals surface area contributed by atoms with E-state index in [4.69, 9.17) is 4.74 Å². The van der Waals surface area contributed by atoms with Gasteiger partial charge in [0.2, 0.25) is 0 Å². The first-order valence-corrected chi connectivity index (χ1v) is 11.3. The minimum absolute atomic E-state index is 0. The maximum Gasteiger partial charge on any atom is 0.132 e. The number of ether oxygens (including phenoxy) is 1. The third-order valence-electron chi connectivity index (χ3n) is 5.68. The van der Waals surface area contributed by atoms with Crippen LogP contribution in [0.3, 0.4) is 0 Å². The van der Waals surface area contributed by atoms with E-state index in [0.29, 0.717) is 0 Å². The number of fused-ring (bicyclic) bond motifs is 2. The molecule has 0 atom stereocenters. The van der Waals surface area contributed by atoms with Gasteiger partial charge in [-0.05, 0) is 36.0 Å². The molecule has 0 saturated carbocycles.